The predicted molar refractivity (Wildman–Crippen MR) is 101 cm³/mol. The van der Waals surface area contributed by atoms with Crippen LogP contribution < -0.4 is 9.47 Å². The van der Waals surface area contributed by atoms with Crippen LogP contribution >= 0.6 is 11.8 Å². The third-order valence-electron chi connectivity index (χ3n) is 4.42. The number of hydrogen-bond donors (Lipinski definition) is 0. The van der Waals surface area contributed by atoms with Crippen LogP contribution in [0.2, 0.25) is 0 Å². The minimum atomic E-state index is 0.161. The van der Waals surface area contributed by atoms with Crippen molar-refractivity contribution in [3.05, 3.63) is 60.2 Å². The van der Waals surface area contributed by atoms with Gasteiger partial charge in [-0.1, -0.05) is 37.3 Å². The van der Waals surface area contributed by atoms with Crippen LogP contribution in [0.3, 0.4) is 0 Å². The number of benzene rings is 2. The normalized spacial score (nSPS) is 18.2. The summed E-state index contributed by atoms with van der Waals surface area (Å²) in [6.07, 6.45) is 0. The fourth-order valence-electron chi connectivity index (χ4n) is 2.99. The summed E-state index contributed by atoms with van der Waals surface area (Å²) in [5.74, 6) is 2.61. The first-order valence-corrected chi connectivity index (χ1v) is 9.47. The van der Waals surface area contributed by atoms with Crippen molar-refractivity contribution in [2.45, 2.75) is 18.2 Å². The van der Waals surface area contributed by atoms with Crippen LogP contribution in [0, 0.1) is 0 Å². The average molecular weight is 357 g/mol. The second-order valence-electron chi connectivity index (χ2n) is 6.01. The first kappa shape index (κ1) is 17.7. The maximum atomic E-state index is 12.3. The van der Waals surface area contributed by atoms with Crippen molar-refractivity contribution in [3.8, 4) is 11.5 Å². The standard InChI is InChI=1S/C20H23NO3S/c1-15(16-6-4-3-5-7-16)20-21(19(22)14-25-20)12-13-24-18-10-8-17(23-2)9-11-18/h3-11,15,20H,12-14H2,1-2H3. The van der Waals surface area contributed by atoms with Gasteiger partial charge in [-0.15, -0.1) is 11.8 Å². The topological polar surface area (TPSA) is 38.8 Å². The van der Waals surface area contributed by atoms with Crippen molar-refractivity contribution in [1.29, 1.82) is 0 Å². The van der Waals surface area contributed by atoms with Crippen molar-refractivity contribution in [2.24, 2.45) is 0 Å². The predicted octanol–water partition coefficient (Wildman–Crippen LogP) is 3.78. The van der Waals surface area contributed by atoms with E-state index in [9.17, 15) is 4.79 Å². The van der Waals surface area contributed by atoms with E-state index >= 15 is 0 Å². The van der Waals surface area contributed by atoms with E-state index < -0.39 is 0 Å². The van der Waals surface area contributed by atoms with Gasteiger partial charge in [0, 0.05) is 5.92 Å². The molecule has 4 nitrogen and oxygen atoms in total. The molecule has 1 amide bonds. The second kappa shape index (κ2) is 8.30. The molecule has 25 heavy (non-hydrogen) atoms. The highest BCUT2D eigenvalue weighted by atomic mass is 32.2. The molecule has 3 rings (SSSR count). The highest BCUT2D eigenvalue weighted by Crippen LogP contribution is 2.35. The number of nitrogens with zero attached hydrogens (tertiary/aromatic N) is 1. The van der Waals surface area contributed by atoms with Gasteiger partial charge >= 0.3 is 0 Å². The molecule has 0 radical (unpaired) electrons. The van der Waals surface area contributed by atoms with Crippen molar-refractivity contribution < 1.29 is 14.3 Å². The molecule has 2 unspecified atom stereocenters. The van der Waals surface area contributed by atoms with E-state index in [4.69, 9.17) is 9.47 Å². The Kier molecular flexibility index (Phi) is 5.87. The van der Waals surface area contributed by atoms with Crippen LogP contribution in [-0.4, -0.2) is 42.2 Å². The monoisotopic (exact) mass is 357 g/mol. The van der Waals surface area contributed by atoms with Crippen LogP contribution in [-0.2, 0) is 4.79 Å². The molecule has 2 aromatic rings. The molecular weight excluding hydrogens is 334 g/mol. The highest BCUT2D eigenvalue weighted by Gasteiger charge is 2.35. The zero-order valence-corrected chi connectivity index (χ0v) is 15.4. The van der Waals surface area contributed by atoms with Gasteiger partial charge in [0.2, 0.25) is 5.91 Å². The molecule has 1 fully saturated rings. The summed E-state index contributed by atoms with van der Waals surface area (Å²) in [5.41, 5.74) is 1.26. The number of methoxy groups -OCH3 is 1. The summed E-state index contributed by atoms with van der Waals surface area (Å²) in [6.45, 7) is 3.26. The van der Waals surface area contributed by atoms with Gasteiger partial charge in [-0.2, -0.15) is 0 Å². The Hall–Kier alpha value is -2.14. The minimum Gasteiger partial charge on any atom is -0.497 e. The lowest BCUT2D eigenvalue weighted by atomic mass is 10.0. The number of amides is 1. The Labute approximate surface area is 153 Å². The van der Waals surface area contributed by atoms with Gasteiger partial charge in [0.05, 0.1) is 24.8 Å². The number of thioether (sulfide) groups is 1. The zero-order valence-electron chi connectivity index (χ0n) is 14.6. The number of ether oxygens (including phenoxy) is 2. The molecule has 5 heteroatoms. The van der Waals surface area contributed by atoms with Gasteiger partial charge in [0.15, 0.2) is 0 Å². The molecule has 2 aromatic carbocycles. The molecule has 1 heterocycles. The lowest BCUT2D eigenvalue weighted by molar-refractivity contribution is -0.128. The minimum absolute atomic E-state index is 0.161. The molecule has 1 saturated heterocycles. The van der Waals surface area contributed by atoms with Crippen LogP contribution in [0.5, 0.6) is 11.5 Å². The smallest absolute Gasteiger partial charge is 0.233 e. The Morgan fingerprint density at radius 1 is 1.12 bits per heavy atom. The summed E-state index contributed by atoms with van der Waals surface area (Å²) in [5, 5.41) is 0.161. The van der Waals surface area contributed by atoms with E-state index in [2.05, 4.69) is 19.1 Å². The molecule has 0 saturated carbocycles. The van der Waals surface area contributed by atoms with E-state index in [1.54, 1.807) is 18.9 Å². The Balaban J connectivity index is 1.58. The summed E-state index contributed by atoms with van der Waals surface area (Å²) in [4.78, 5) is 14.2. The fraction of sp³-hybridized carbons (Fsp3) is 0.350. The number of carbonyl (C=O) groups is 1. The van der Waals surface area contributed by atoms with Crippen molar-refractivity contribution in [2.75, 3.05) is 26.0 Å². The van der Waals surface area contributed by atoms with Gasteiger partial charge in [0.25, 0.3) is 0 Å². The van der Waals surface area contributed by atoms with Gasteiger partial charge in [-0.25, -0.2) is 0 Å². The number of hydrogen-bond acceptors (Lipinski definition) is 4. The van der Waals surface area contributed by atoms with Crippen molar-refractivity contribution in [3.63, 3.8) is 0 Å². The first-order valence-electron chi connectivity index (χ1n) is 8.42. The molecule has 1 aliphatic heterocycles. The summed E-state index contributed by atoms with van der Waals surface area (Å²) >= 11 is 1.72. The van der Waals surface area contributed by atoms with E-state index in [1.165, 1.54) is 5.56 Å². The molecule has 132 valence electrons. The van der Waals surface area contributed by atoms with E-state index in [0.29, 0.717) is 24.8 Å². The van der Waals surface area contributed by atoms with Gasteiger partial charge in [0.1, 0.15) is 18.1 Å². The fourth-order valence-corrected chi connectivity index (χ4v) is 4.32. The molecule has 0 aliphatic carbocycles. The molecule has 1 aliphatic rings. The summed E-state index contributed by atoms with van der Waals surface area (Å²) in [7, 11) is 1.64. The van der Waals surface area contributed by atoms with Crippen LogP contribution in [0.25, 0.3) is 0 Å². The van der Waals surface area contributed by atoms with Crippen molar-refractivity contribution >= 4 is 17.7 Å². The van der Waals surface area contributed by atoms with Gasteiger partial charge in [-0.05, 0) is 29.8 Å². The Morgan fingerprint density at radius 3 is 2.48 bits per heavy atom. The Morgan fingerprint density at radius 2 is 1.80 bits per heavy atom. The maximum Gasteiger partial charge on any atom is 0.233 e. The quantitative estimate of drug-likeness (QED) is 0.756. The number of carbonyl (C=O) groups excluding carboxylic acids is 1. The second-order valence-corrected chi connectivity index (χ2v) is 7.12. The molecular formula is C20H23NO3S. The van der Waals surface area contributed by atoms with E-state index in [-0.39, 0.29) is 11.3 Å². The molecule has 2 atom stereocenters. The third-order valence-corrected chi connectivity index (χ3v) is 5.84. The zero-order chi connectivity index (χ0) is 17.6. The molecule has 0 aromatic heterocycles. The lowest BCUT2D eigenvalue weighted by Gasteiger charge is -2.29. The van der Waals surface area contributed by atoms with Crippen LogP contribution in [0.15, 0.2) is 54.6 Å². The molecule has 0 spiro atoms. The first-order chi connectivity index (χ1) is 12.2. The molecule has 0 N–H and O–H groups in total. The summed E-state index contributed by atoms with van der Waals surface area (Å²) < 4.78 is 10.9. The SMILES string of the molecule is COc1ccc(OCCN2C(=O)CSC2C(C)c2ccccc2)cc1. The maximum absolute atomic E-state index is 12.3. The molecule has 0 bridgehead atoms. The van der Waals surface area contributed by atoms with Gasteiger partial charge < -0.3 is 14.4 Å². The highest BCUT2D eigenvalue weighted by molar-refractivity contribution is 8.01. The van der Waals surface area contributed by atoms with Crippen LogP contribution in [0.4, 0.5) is 0 Å². The Bertz CT molecular complexity index is 690. The number of rotatable bonds is 7. The third kappa shape index (κ3) is 4.28. The van der Waals surface area contributed by atoms with Crippen molar-refractivity contribution in [1.82, 2.24) is 4.90 Å². The van der Waals surface area contributed by atoms with E-state index in [0.717, 1.165) is 11.5 Å². The largest absolute Gasteiger partial charge is 0.497 e. The van der Waals surface area contributed by atoms with Crippen LogP contribution in [0.1, 0.15) is 18.4 Å². The van der Waals surface area contributed by atoms with E-state index in [1.807, 2.05) is 47.4 Å². The lowest BCUT2D eigenvalue weighted by Crippen LogP contribution is -2.38. The average Bonchev–Trinajstić information content (AvgIpc) is 3.03. The summed E-state index contributed by atoms with van der Waals surface area (Å²) in [6, 6.07) is 17.9. The van der Waals surface area contributed by atoms with Gasteiger partial charge in [-0.3, -0.25) is 4.79 Å².